The number of piperidine rings is 1. The number of rotatable bonds is 3. The van der Waals surface area contributed by atoms with E-state index in [1.807, 2.05) is 42.3 Å². The Balaban J connectivity index is 1.66. The molecule has 0 aliphatic carbocycles. The summed E-state index contributed by atoms with van der Waals surface area (Å²) in [6.07, 6.45) is 7.49. The molecule has 1 atom stereocenters. The van der Waals surface area contributed by atoms with Crippen LogP contribution in [0.15, 0.2) is 42.9 Å². The van der Waals surface area contributed by atoms with Crippen molar-refractivity contribution in [3.63, 3.8) is 0 Å². The predicted octanol–water partition coefficient (Wildman–Crippen LogP) is 4.27. The van der Waals surface area contributed by atoms with E-state index in [1.54, 1.807) is 12.4 Å². The van der Waals surface area contributed by atoms with E-state index < -0.39 is 0 Å². The molecule has 6 heteroatoms. The zero-order chi connectivity index (χ0) is 20.6. The van der Waals surface area contributed by atoms with Crippen LogP contribution in [0.25, 0.3) is 5.65 Å². The fourth-order valence-corrected chi connectivity index (χ4v) is 4.05. The number of carbonyl (C=O) groups excluding carboxylic acids is 1. The summed E-state index contributed by atoms with van der Waals surface area (Å²) in [7, 11) is 0. The largest absolute Gasteiger partial charge is 0.365 e. The van der Waals surface area contributed by atoms with Crippen molar-refractivity contribution in [2.45, 2.75) is 52.0 Å². The third-order valence-corrected chi connectivity index (χ3v) is 5.40. The molecule has 1 aliphatic heterocycles. The summed E-state index contributed by atoms with van der Waals surface area (Å²) in [5.74, 6) is 1.33. The maximum atomic E-state index is 13.1. The molecule has 3 aromatic rings. The number of imidazole rings is 1. The minimum Gasteiger partial charge on any atom is -0.365 e. The number of nitrogens with zero attached hydrogens (tertiary/aromatic N) is 4. The predicted molar refractivity (Wildman–Crippen MR) is 115 cm³/mol. The molecule has 4 rings (SSSR count). The highest BCUT2D eigenvalue weighted by Gasteiger charge is 2.31. The van der Waals surface area contributed by atoms with Gasteiger partial charge < -0.3 is 10.2 Å². The van der Waals surface area contributed by atoms with Crippen LogP contribution in [0.1, 0.15) is 61.1 Å². The van der Waals surface area contributed by atoms with Crippen molar-refractivity contribution in [3.8, 4) is 0 Å². The number of pyridine rings is 2. The normalized spacial score (nSPS) is 17.5. The molecular formula is C23H29N5O. The van der Waals surface area contributed by atoms with Crippen molar-refractivity contribution in [2.75, 3.05) is 18.4 Å². The summed E-state index contributed by atoms with van der Waals surface area (Å²) in [5, 5.41) is 3.64. The van der Waals surface area contributed by atoms with Crippen molar-refractivity contribution in [1.82, 2.24) is 19.3 Å². The standard InChI is InChI=1S/C23H29N5O/c1-16-14-24-11-10-18(16)22(29)27-12-7-8-17(15-27)20-21(26-23(2,3)4)28-13-6-5-9-19(28)25-20/h5-6,9-11,13-14,17,26H,7-8,12,15H2,1-4H3/t17-/m0/s1. The second-order valence-corrected chi connectivity index (χ2v) is 8.93. The molecule has 4 heterocycles. The molecule has 1 N–H and O–H groups in total. The SMILES string of the molecule is Cc1cnccc1C(=O)N1CCC[C@H](c2nc3ccccn3c2NC(C)(C)C)C1. The van der Waals surface area contributed by atoms with Crippen LogP contribution in [0.2, 0.25) is 0 Å². The van der Waals surface area contributed by atoms with Gasteiger partial charge in [-0.2, -0.15) is 0 Å². The van der Waals surface area contributed by atoms with Crippen LogP contribution in [0.3, 0.4) is 0 Å². The molecule has 152 valence electrons. The summed E-state index contributed by atoms with van der Waals surface area (Å²) in [6.45, 7) is 9.87. The van der Waals surface area contributed by atoms with Gasteiger partial charge in [0.05, 0.1) is 5.69 Å². The average Bonchev–Trinajstić information content (AvgIpc) is 3.05. The lowest BCUT2D eigenvalue weighted by Crippen LogP contribution is -2.40. The van der Waals surface area contributed by atoms with Gasteiger partial charge in [0, 0.05) is 48.7 Å². The molecule has 1 amide bonds. The van der Waals surface area contributed by atoms with E-state index in [4.69, 9.17) is 4.98 Å². The topological polar surface area (TPSA) is 62.5 Å². The Morgan fingerprint density at radius 2 is 2.07 bits per heavy atom. The molecule has 0 aromatic carbocycles. The van der Waals surface area contributed by atoms with Gasteiger partial charge in [-0.25, -0.2) is 4.98 Å². The first kappa shape index (κ1) is 19.4. The summed E-state index contributed by atoms with van der Waals surface area (Å²) in [4.78, 5) is 24.2. The molecule has 1 saturated heterocycles. The van der Waals surface area contributed by atoms with Crippen LogP contribution >= 0.6 is 0 Å². The molecule has 6 nitrogen and oxygen atoms in total. The van der Waals surface area contributed by atoms with Gasteiger partial charge in [0.25, 0.3) is 5.91 Å². The Bertz CT molecular complexity index is 1030. The van der Waals surface area contributed by atoms with E-state index in [2.05, 4.69) is 35.5 Å². The molecule has 1 aliphatic rings. The summed E-state index contributed by atoms with van der Waals surface area (Å²) in [5.41, 5.74) is 3.56. The maximum absolute atomic E-state index is 13.1. The van der Waals surface area contributed by atoms with Crippen molar-refractivity contribution in [3.05, 3.63) is 59.7 Å². The number of hydrogen-bond acceptors (Lipinski definition) is 4. The van der Waals surface area contributed by atoms with Crippen LogP contribution in [-0.4, -0.2) is 43.8 Å². The summed E-state index contributed by atoms with van der Waals surface area (Å²) >= 11 is 0. The van der Waals surface area contributed by atoms with Crippen molar-refractivity contribution >= 4 is 17.4 Å². The van der Waals surface area contributed by atoms with Crippen LogP contribution in [0, 0.1) is 6.92 Å². The highest BCUT2D eigenvalue weighted by Crippen LogP contribution is 2.34. The lowest BCUT2D eigenvalue weighted by Gasteiger charge is -2.33. The zero-order valence-electron chi connectivity index (χ0n) is 17.6. The van der Waals surface area contributed by atoms with Crippen LogP contribution in [0.5, 0.6) is 0 Å². The van der Waals surface area contributed by atoms with Gasteiger partial charge in [0.15, 0.2) is 0 Å². The second-order valence-electron chi connectivity index (χ2n) is 8.93. The van der Waals surface area contributed by atoms with E-state index in [9.17, 15) is 4.79 Å². The fraction of sp³-hybridized carbons (Fsp3) is 0.435. The number of amides is 1. The van der Waals surface area contributed by atoms with Crippen LogP contribution in [0.4, 0.5) is 5.82 Å². The number of aryl methyl sites for hydroxylation is 1. The Morgan fingerprint density at radius 3 is 2.83 bits per heavy atom. The number of likely N-dealkylation sites (tertiary alicyclic amines) is 1. The lowest BCUT2D eigenvalue weighted by molar-refractivity contribution is 0.0705. The molecular weight excluding hydrogens is 362 g/mol. The van der Waals surface area contributed by atoms with Gasteiger partial charge in [-0.15, -0.1) is 0 Å². The smallest absolute Gasteiger partial charge is 0.254 e. The Labute approximate surface area is 172 Å². The average molecular weight is 392 g/mol. The summed E-state index contributed by atoms with van der Waals surface area (Å²) < 4.78 is 2.12. The number of fused-ring (bicyclic) bond motifs is 1. The third kappa shape index (κ3) is 3.97. The molecule has 0 unspecified atom stereocenters. The maximum Gasteiger partial charge on any atom is 0.254 e. The lowest BCUT2D eigenvalue weighted by atomic mass is 9.93. The quantitative estimate of drug-likeness (QED) is 0.724. The van der Waals surface area contributed by atoms with Gasteiger partial charge in [-0.1, -0.05) is 6.07 Å². The molecule has 0 saturated carbocycles. The van der Waals surface area contributed by atoms with Gasteiger partial charge in [0.1, 0.15) is 11.5 Å². The first-order chi connectivity index (χ1) is 13.8. The van der Waals surface area contributed by atoms with Gasteiger partial charge in [0.2, 0.25) is 0 Å². The number of aromatic nitrogens is 3. The van der Waals surface area contributed by atoms with E-state index in [-0.39, 0.29) is 17.4 Å². The van der Waals surface area contributed by atoms with Gasteiger partial charge in [-0.3, -0.25) is 14.2 Å². The second kappa shape index (κ2) is 7.50. The minimum absolute atomic E-state index is 0.0844. The molecule has 3 aromatic heterocycles. The third-order valence-electron chi connectivity index (χ3n) is 5.40. The van der Waals surface area contributed by atoms with Crippen LogP contribution in [-0.2, 0) is 0 Å². The number of nitrogens with one attached hydrogen (secondary N) is 1. The van der Waals surface area contributed by atoms with E-state index in [0.29, 0.717) is 6.54 Å². The molecule has 0 spiro atoms. The fourth-order valence-electron chi connectivity index (χ4n) is 4.05. The van der Waals surface area contributed by atoms with E-state index in [1.165, 1.54) is 0 Å². The minimum atomic E-state index is -0.0844. The Morgan fingerprint density at radius 1 is 1.24 bits per heavy atom. The number of carbonyl (C=O) groups is 1. The van der Waals surface area contributed by atoms with Crippen molar-refractivity contribution in [2.24, 2.45) is 0 Å². The zero-order valence-corrected chi connectivity index (χ0v) is 17.6. The Hall–Kier alpha value is -2.89. The molecule has 0 radical (unpaired) electrons. The van der Waals surface area contributed by atoms with E-state index >= 15 is 0 Å². The highest BCUT2D eigenvalue weighted by molar-refractivity contribution is 5.95. The van der Waals surface area contributed by atoms with Gasteiger partial charge in [-0.05, 0) is 64.3 Å². The van der Waals surface area contributed by atoms with Crippen LogP contribution < -0.4 is 5.32 Å². The highest BCUT2D eigenvalue weighted by atomic mass is 16.2. The Kier molecular flexibility index (Phi) is 5.03. The van der Waals surface area contributed by atoms with Crippen molar-refractivity contribution in [1.29, 1.82) is 0 Å². The summed E-state index contributed by atoms with van der Waals surface area (Å²) in [6, 6.07) is 7.88. The monoisotopic (exact) mass is 391 g/mol. The number of hydrogen-bond donors (Lipinski definition) is 1. The first-order valence-electron chi connectivity index (χ1n) is 10.3. The molecule has 0 bridgehead atoms. The van der Waals surface area contributed by atoms with Gasteiger partial charge >= 0.3 is 0 Å². The van der Waals surface area contributed by atoms with Crippen molar-refractivity contribution < 1.29 is 4.79 Å². The first-order valence-corrected chi connectivity index (χ1v) is 10.3. The number of anilines is 1. The molecule has 1 fully saturated rings. The molecule has 29 heavy (non-hydrogen) atoms. The van der Waals surface area contributed by atoms with E-state index in [0.717, 1.165) is 47.7 Å².